The van der Waals surface area contributed by atoms with Gasteiger partial charge in [-0.25, -0.2) is 0 Å². The van der Waals surface area contributed by atoms with E-state index in [1.165, 1.54) is 5.56 Å². The Morgan fingerprint density at radius 3 is 2.39 bits per heavy atom. The van der Waals surface area contributed by atoms with Crippen molar-refractivity contribution in [2.45, 2.75) is 6.42 Å². The molecular formula is C19H18ClNO2. The van der Waals surface area contributed by atoms with Gasteiger partial charge in [0.25, 0.3) is 0 Å². The van der Waals surface area contributed by atoms with Gasteiger partial charge < -0.3 is 9.47 Å². The van der Waals surface area contributed by atoms with Gasteiger partial charge in [-0.2, -0.15) is 0 Å². The maximum Gasteiger partial charge on any atom is 0.161 e. The predicted molar refractivity (Wildman–Crippen MR) is 95.1 cm³/mol. The fourth-order valence-corrected chi connectivity index (χ4v) is 2.77. The molecule has 0 saturated heterocycles. The number of rotatable bonds is 4. The molecule has 0 saturated carbocycles. The number of aliphatic imine (C=N–C) groups is 1. The van der Waals surface area contributed by atoms with Crippen molar-refractivity contribution in [1.29, 1.82) is 0 Å². The third kappa shape index (κ3) is 3.40. The fourth-order valence-electron chi connectivity index (χ4n) is 2.64. The van der Waals surface area contributed by atoms with E-state index in [9.17, 15) is 0 Å². The van der Waals surface area contributed by atoms with Crippen molar-refractivity contribution in [1.82, 2.24) is 0 Å². The first-order chi connectivity index (χ1) is 11.2. The van der Waals surface area contributed by atoms with Crippen LogP contribution in [0.1, 0.15) is 16.7 Å². The van der Waals surface area contributed by atoms with Crippen LogP contribution in [0, 0.1) is 0 Å². The van der Waals surface area contributed by atoms with Gasteiger partial charge in [0, 0.05) is 17.1 Å². The first kappa shape index (κ1) is 15.6. The third-order valence-corrected chi connectivity index (χ3v) is 4.10. The molecule has 4 heteroatoms. The second-order valence-corrected chi connectivity index (χ2v) is 5.70. The second-order valence-electron chi connectivity index (χ2n) is 5.27. The molecule has 2 aromatic rings. The Labute approximate surface area is 141 Å². The first-order valence-electron chi connectivity index (χ1n) is 7.44. The van der Waals surface area contributed by atoms with Gasteiger partial charge >= 0.3 is 0 Å². The van der Waals surface area contributed by atoms with Crippen molar-refractivity contribution >= 4 is 23.4 Å². The summed E-state index contributed by atoms with van der Waals surface area (Å²) in [7, 11) is 3.30. The molecule has 0 radical (unpaired) electrons. The maximum atomic E-state index is 5.92. The van der Waals surface area contributed by atoms with Crippen molar-refractivity contribution in [3.8, 4) is 11.5 Å². The summed E-state index contributed by atoms with van der Waals surface area (Å²) < 4.78 is 10.8. The van der Waals surface area contributed by atoms with E-state index in [0.29, 0.717) is 0 Å². The van der Waals surface area contributed by atoms with Gasteiger partial charge in [0.2, 0.25) is 0 Å². The number of ether oxygens (including phenoxy) is 2. The van der Waals surface area contributed by atoms with Crippen molar-refractivity contribution in [2.75, 3.05) is 20.8 Å². The Hall–Kier alpha value is -2.26. The monoisotopic (exact) mass is 327 g/mol. The molecule has 0 fully saturated rings. The summed E-state index contributed by atoms with van der Waals surface area (Å²) in [5.41, 5.74) is 4.37. The molecule has 3 nitrogen and oxygen atoms in total. The van der Waals surface area contributed by atoms with Gasteiger partial charge in [0.1, 0.15) is 0 Å². The predicted octanol–water partition coefficient (Wildman–Crippen LogP) is 4.42. The highest BCUT2D eigenvalue weighted by Gasteiger charge is 2.16. The van der Waals surface area contributed by atoms with Crippen LogP contribution in [0.15, 0.2) is 47.5 Å². The number of nitrogens with zero attached hydrogens (tertiary/aromatic N) is 1. The van der Waals surface area contributed by atoms with Crippen LogP contribution in [0.5, 0.6) is 11.5 Å². The molecule has 0 atom stereocenters. The van der Waals surface area contributed by atoms with Gasteiger partial charge in [-0.15, -0.1) is 0 Å². The maximum absolute atomic E-state index is 5.92. The molecule has 1 aliphatic rings. The lowest BCUT2D eigenvalue weighted by Gasteiger charge is -2.18. The van der Waals surface area contributed by atoms with Crippen LogP contribution in [0.25, 0.3) is 6.08 Å². The van der Waals surface area contributed by atoms with E-state index in [0.717, 1.165) is 46.3 Å². The van der Waals surface area contributed by atoms with E-state index < -0.39 is 0 Å². The SMILES string of the molecule is COc1cc2c(cc1OC)C(C=Cc1ccc(Cl)cc1)=NCC2. The zero-order chi connectivity index (χ0) is 16.2. The third-order valence-electron chi connectivity index (χ3n) is 3.85. The summed E-state index contributed by atoms with van der Waals surface area (Å²) in [5.74, 6) is 1.48. The Bertz CT molecular complexity index is 764. The number of fused-ring (bicyclic) bond motifs is 1. The molecule has 0 amide bonds. The van der Waals surface area contributed by atoms with Gasteiger partial charge in [-0.1, -0.05) is 29.8 Å². The quantitative estimate of drug-likeness (QED) is 0.832. The van der Waals surface area contributed by atoms with E-state index in [1.54, 1.807) is 14.2 Å². The number of hydrogen-bond acceptors (Lipinski definition) is 3. The molecule has 0 bridgehead atoms. The lowest BCUT2D eigenvalue weighted by molar-refractivity contribution is 0.354. The van der Waals surface area contributed by atoms with E-state index in [2.05, 4.69) is 4.99 Å². The molecule has 2 aromatic carbocycles. The zero-order valence-corrected chi connectivity index (χ0v) is 13.9. The molecule has 0 spiro atoms. The molecule has 0 unspecified atom stereocenters. The summed E-state index contributed by atoms with van der Waals surface area (Å²) >= 11 is 5.92. The van der Waals surface area contributed by atoms with Crippen LogP contribution in [0.2, 0.25) is 5.02 Å². The standard InChI is InChI=1S/C19H18ClNO2/c1-22-18-11-14-9-10-21-17(16(14)12-19(18)23-2)8-5-13-3-6-15(20)7-4-13/h3-8,11-12H,9-10H2,1-2H3. The van der Waals surface area contributed by atoms with E-state index >= 15 is 0 Å². The van der Waals surface area contributed by atoms with Gasteiger partial charge in [0.05, 0.1) is 19.9 Å². The molecular weight excluding hydrogens is 310 g/mol. The normalized spacial score (nSPS) is 13.6. The van der Waals surface area contributed by atoms with E-state index in [-0.39, 0.29) is 0 Å². The molecule has 0 aromatic heterocycles. The summed E-state index contributed by atoms with van der Waals surface area (Å²) in [5, 5.41) is 0.735. The van der Waals surface area contributed by atoms with Crippen molar-refractivity contribution < 1.29 is 9.47 Å². The Kier molecular flexibility index (Phi) is 4.68. The van der Waals surface area contributed by atoms with Crippen LogP contribution in [0.4, 0.5) is 0 Å². The molecule has 23 heavy (non-hydrogen) atoms. The minimum atomic E-state index is 0.723. The average molecular weight is 328 g/mol. The highest BCUT2D eigenvalue weighted by atomic mass is 35.5. The number of methoxy groups -OCH3 is 2. The average Bonchev–Trinajstić information content (AvgIpc) is 2.60. The van der Waals surface area contributed by atoms with Crippen molar-refractivity contribution in [3.63, 3.8) is 0 Å². The van der Waals surface area contributed by atoms with Crippen LogP contribution in [-0.2, 0) is 6.42 Å². The molecule has 0 N–H and O–H groups in total. The molecule has 1 heterocycles. The van der Waals surface area contributed by atoms with Gasteiger partial charge in [-0.05, 0) is 47.9 Å². The Morgan fingerprint density at radius 1 is 1.00 bits per heavy atom. The van der Waals surface area contributed by atoms with Crippen LogP contribution in [0.3, 0.4) is 0 Å². The zero-order valence-electron chi connectivity index (χ0n) is 13.2. The topological polar surface area (TPSA) is 30.8 Å². The van der Waals surface area contributed by atoms with E-state index in [1.807, 2.05) is 48.6 Å². The van der Waals surface area contributed by atoms with Crippen molar-refractivity contribution in [2.24, 2.45) is 4.99 Å². The van der Waals surface area contributed by atoms with E-state index in [4.69, 9.17) is 21.1 Å². The summed E-state index contributed by atoms with van der Waals surface area (Å²) in [6, 6.07) is 11.8. The smallest absolute Gasteiger partial charge is 0.161 e. The highest BCUT2D eigenvalue weighted by molar-refractivity contribution is 6.30. The number of allylic oxidation sites excluding steroid dienone is 1. The Balaban J connectivity index is 1.93. The number of benzene rings is 2. The lowest BCUT2D eigenvalue weighted by atomic mass is 9.96. The Morgan fingerprint density at radius 2 is 1.70 bits per heavy atom. The van der Waals surface area contributed by atoms with Crippen LogP contribution < -0.4 is 9.47 Å². The van der Waals surface area contributed by atoms with Gasteiger partial charge in [0.15, 0.2) is 11.5 Å². The first-order valence-corrected chi connectivity index (χ1v) is 7.82. The summed E-state index contributed by atoms with van der Waals surface area (Å²) in [6.07, 6.45) is 4.99. The molecule has 3 rings (SSSR count). The largest absolute Gasteiger partial charge is 0.493 e. The minimum Gasteiger partial charge on any atom is -0.493 e. The van der Waals surface area contributed by atoms with Crippen LogP contribution >= 0.6 is 11.6 Å². The van der Waals surface area contributed by atoms with Crippen LogP contribution in [-0.4, -0.2) is 26.5 Å². The molecule has 118 valence electrons. The highest BCUT2D eigenvalue weighted by Crippen LogP contribution is 2.32. The lowest BCUT2D eigenvalue weighted by Crippen LogP contribution is -2.11. The van der Waals surface area contributed by atoms with Crippen molar-refractivity contribution in [3.05, 3.63) is 64.2 Å². The number of hydrogen-bond donors (Lipinski definition) is 0. The summed E-state index contributed by atoms with van der Waals surface area (Å²) in [4.78, 5) is 4.64. The minimum absolute atomic E-state index is 0.723. The second kappa shape index (κ2) is 6.88. The fraction of sp³-hybridized carbons (Fsp3) is 0.211. The van der Waals surface area contributed by atoms with Gasteiger partial charge in [-0.3, -0.25) is 4.99 Å². The molecule has 0 aliphatic carbocycles. The molecule has 1 aliphatic heterocycles. The number of halogens is 1. The summed E-state index contributed by atoms with van der Waals surface area (Å²) in [6.45, 7) is 0.781.